The molecule has 0 spiro atoms. The first kappa shape index (κ1) is 25.8. The minimum Gasteiger partial charge on any atom is -0.313 e. The van der Waals surface area contributed by atoms with E-state index in [2.05, 4.69) is 21.7 Å². The number of hydrogen-bond donors (Lipinski definition) is 4. The second kappa shape index (κ2) is 12.6. The molecule has 2 rings (SSSR count). The summed E-state index contributed by atoms with van der Waals surface area (Å²) in [7, 11) is -3.59. The highest BCUT2D eigenvalue weighted by atomic mass is 31.2. The van der Waals surface area contributed by atoms with Crippen molar-refractivity contribution in [3.05, 3.63) is 60.7 Å². The zero-order valence-electron chi connectivity index (χ0n) is 18.7. The second-order valence-electron chi connectivity index (χ2n) is 7.22. The van der Waals surface area contributed by atoms with E-state index in [0.717, 1.165) is 0 Å². The number of benzene rings is 2. The van der Waals surface area contributed by atoms with Gasteiger partial charge < -0.3 is 4.57 Å². The van der Waals surface area contributed by atoms with Crippen LogP contribution < -0.4 is 32.3 Å². The molecule has 0 saturated heterocycles. The third-order valence-corrected chi connectivity index (χ3v) is 8.48. The SMILES string of the molecule is CCC(=O)NNC(=O)CC[C@H](C(=O)NNC(=O)CC)P(=O)(c1ccccc1)c1ccccc1. The van der Waals surface area contributed by atoms with Crippen molar-refractivity contribution in [2.24, 2.45) is 0 Å². The highest BCUT2D eigenvalue weighted by molar-refractivity contribution is 7.80. The Bertz CT molecular complexity index is 971. The van der Waals surface area contributed by atoms with Crippen LogP contribution in [0.3, 0.4) is 0 Å². The number of carbonyl (C=O) groups excluding carboxylic acids is 4. The van der Waals surface area contributed by atoms with Crippen molar-refractivity contribution < 1.29 is 23.7 Å². The smallest absolute Gasteiger partial charge is 0.249 e. The average Bonchev–Trinajstić information content (AvgIpc) is 2.86. The Labute approximate surface area is 193 Å². The highest BCUT2D eigenvalue weighted by Crippen LogP contribution is 2.50. The van der Waals surface area contributed by atoms with E-state index >= 15 is 0 Å². The largest absolute Gasteiger partial charge is 0.313 e. The molecule has 0 aliphatic rings. The highest BCUT2D eigenvalue weighted by Gasteiger charge is 2.41. The van der Waals surface area contributed by atoms with E-state index in [1.807, 2.05) is 0 Å². The van der Waals surface area contributed by atoms with Gasteiger partial charge >= 0.3 is 0 Å². The molecule has 1 atom stereocenters. The Morgan fingerprint density at radius 2 is 1.12 bits per heavy atom. The summed E-state index contributed by atoms with van der Waals surface area (Å²) < 4.78 is 14.6. The van der Waals surface area contributed by atoms with Crippen LogP contribution in [0, 0.1) is 0 Å². The summed E-state index contributed by atoms with van der Waals surface area (Å²) in [6.45, 7) is 3.27. The molecule has 0 aromatic heterocycles. The van der Waals surface area contributed by atoms with E-state index < -0.39 is 30.5 Å². The van der Waals surface area contributed by atoms with Gasteiger partial charge in [0, 0.05) is 29.9 Å². The lowest BCUT2D eigenvalue weighted by atomic mass is 10.2. The Morgan fingerprint density at radius 1 is 0.697 bits per heavy atom. The first-order valence-corrected chi connectivity index (χ1v) is 12.5. The van der Waals surface area contributed by atoms with Crippen LogP contribution in [0.5, 0.6) is 0 Å². The van der Waals surface area contributed by atoms with Crippen molar-refractivity contribution in [3.63, 3.8) is 0 Å². The molecule has 0 bridgehead atoms. The van der Waals surface area contributed by atoms with Gasteiger partial charge in [-0.3, -0.25) is 40.9 Å². The monoisotopic (exact) mass is 472 g/mol. The maximum Gasteiger partial charge on any atom is 0.249 e. The van der Waals surface area contributed by atoms with Gasteiger partial charge in [0.2, 0.25) is 23.6 Å². The van der Waals surface area contributed by atoms with Crippen molar-refractivity contribution >= 4 is 41.4 Å². The molecule has 2 aromatic carbocycles. The van der Waals surface area contributed by atoms with Gasteiger partial charge in [0.05, 0.1) is 0 Å². The quantitative estimate of drug-likeness (QED) is 0.322. The van der Waals surface area contributed by atoms with Crippen LogP contribution in [0.1, 0.15) is 39.5 Å². The molecule has 0 aliphatic heterocycles. The van der Waals surface area contributed by atoms with E-state index in [4.69, 9.17) is 0 Å². The van der Waals surface area contributed by atoms with Crippen LogP contribution in [-0.2, 0) is 23.7 Å². The van der Waals surface area contributed by atoms with Crippen LogP contribution in [0.2, 0.25) is 0 Å². The molecular formula is C23H29N4O5P. The molecule has 0 radical (unpaired) electrons. The zero-order valence-corrected chi connectivity index (χ0v) is 19.6. The molecule has 9 nitrogen and oxygen atoms in total. The van der Waals surface area contributed by atoms with Crippen molar-refractivity contribution in [2.45, 2.75) is 45.2 Å². The molecule has 2 aromatic rings. The summed E-state index contributed by atoms with van der Waals surface area (Å²) in [5, 5.41) is 0.913. The third-order valence-electron chi connectivity index (χ3n) is 4.97. The standard InChI is InChI=1S/C23H29N4O5P/c1-3-20(28)24-26-22(30)16-15-19(23(31)27-25-21(29)4-2)33(32,17-11-7-5-8-12-17)18-13-9-6-10-14-18/h5-14,19H,3-4,15-16H2,1-2H3,(H,24,28)(H,25,29)(H,26,30)(H,27,31)/t19-/m1/s1. The molecule has 33 heavy (non-hydrogen) atoms. The molecule has 0 unspecified atom stereocenters. The first-order chi connectivity index (χ1) is 15.8. The lowest BCUT2D eigenvalue weighted by Crippen LogP contribution is -2.48. The summed E-state index contributed by atoms with van der Waals surface area (Å²) in [5.74, 6) is -1.96. The topological polar surface area (TPSA) is 133 Å². The minimum atomic E-state index is -3.59. The molecule has 0 saturated carbocycles. The number of nitrogens with one attached hydrogen (secondary N) is 4. The Hall–Kier alpha value is -3.45. The van der Waals surface area contributed by atoms with Gasteiger partial charge in [0.25, 0.3) is 0 Å². The van der Waals surface area contributed by atoms with E-state index in [9.17, 15) is 23.7 Å². The van der Waals surface area contributed by atoms with Crippen LogP contribution >= 0.6 is 7.14 Å². The molecule has 0 aliphatic carbocycles. The minimum absolute atomic E-state index is 0.0806. The van der Waals surface area contributed by atoms with Crippen LogP contribution in [-0.4, -0.2) is 29.3 Å². The van der Waals surface area contributed by atoms with Crippen molar-refractivity contribution in [1.29, 1.82) is 0 Å². The fourth-order valence-corrected chi connectivity index (χ4v) is 6.28. The van der Waals surface area contributed by atoms with Crippen molar-refractivity contribution in [3.8, 4) is 0 Å². The predicted octanol–water partition coefficient (Wildman–Crippen LogP) is 1.26. The molecule has 4 amide bonds. The van der Waals surface area contributed by atoms with E-state index in [-0.39, 0.29) is 31.6 Å². The summed E-state index contributed by atoms with van der Waals surface area (Å²) in [4.78, 5) is 48.5. The Morgan fingerprint density at radius 3 is 1.58 bits per heavy atom. The Kier molecular flexibility index (Phi) is 9.82. The number of rotatable bonds is 9. The van der Waals surface area contributed by atoms with E-state index in [1.165, 1.54) is 0 Å². The fraction of sp³-hybridized carbons (Fsp3) is 0.304. The molecule has 4 N–H and O–H groups in total. The van der Waals surface area contributed by atoms with Gasteiger partial charge in [-0.25, -0.2) is 0 Å². The number of carbonyl (C=O) groups is 4. The molecule has 0 fully saturated rings. The van der Waals surface area contributed by atoms with Crippen molar-refractivity contribution in [2.75, 3.05) is 0 Å². The number of hydrazine groups is 2. The van der Waals surface area contributed by atoms with Gasteiger partial charge in [-0.1, -0.05) is 74.5 Å². The van der Waals surface area contributed by atoms with Crippen LogP contribution in [0.25, 0.3) is 0 Å². The van der Waals surface area contributed by atoms with Crippen molar-refractivity contribution in [1.82, 2.24) is 21.7 Å². The zero-order chi connectivity index (χ0) is 24.3. The lowest BCUT2D eigenvalue weighted by Gasteiger charge is -2.28. The molecule has 176 valence electrons. The predicted molar refractivity (Wildman–Crippen MR) is 126 cm³/mol. The molecule has 10 heteroatoms. The van der Waals surface area contributed by atoms with E-state index in [1.54, 1.807) is 74.5 Å². The summed E-state index contributed by atoms with van der Waals surface area (Å²) in [6.07, 6.45) is 0.0926. The fourth-order valence-electron chi connectivity index (χ4n) is 3.15. The maximum atomic E-state index is 14.6. The van der Waals surface area contributed by atoms with Gasteiger partial charge in [0.15, 0.2) is 7.14 Å². The van der Waals surface area contributed by atoms with Gasteiger partial charge in [0.1, 0.15) is 5.66 Å². The third kappa shape index (κ3) is 7.02. The van der Waals surface area contributed by atoms with Gasteiger partial charge in [-0.05, 0) is 6.42 Å². The van der Waals surface area contributed by atoms with Gasteiger partial charge in [-0.2, -0.15) is 0 Å². The number of amides is 4. The van der Waals surface area contributed by atoms with Crippen LogP contribution in [0.15, 0.2) is 60.7 Å². The van der Waals surface area contributed by atoms with Crippen LogP contribution in [0.4, 0.5) is 0 Å². The summed E-state index contributed by atoms with van der Waals surface area (Å²) in [6, 6.07) is 17.2. The normalized spacial score (nSPS) is 11.7. The van der Waals surface area contributed by atoms with Gasteiger partial charge in [-0.15, -0.1) is 0 Å². The average molecular weight is 472 g/mol. The van der Waals surface area contributed by atoms with E-state index in [0.29, 0.717) is 10.6 Å². The first-order valence-electron chi connectivity index (χ1n) is 10.7. The maximum absolute atomic E-state index is 14.6. The Balaban J connectivity index is 2.40. The summed E-state index contributed by atoms with van der Waals surface area (Å²) >= 11 is 0. The molecular weight excluding hydrogens is 443 g/mol. The lowest BCUT2D eigenvalue weighted by molar-refractivity contribution is -0.129. The second-order valence-corrected chi connectivity index (χ2v) is 10.2. The summed E-state index contributed by atoms with van der Waals surface area (Å²) in [5.41, 5.74) is 8.07. The number of hydrogen-bond acceptors (Lipinski definition) is 5. The molecule has 0 heterocycles.